The minimum Gasteiger partial charge on any atom is -0.362 e. The molecule has 0 aliphatic heterocycles. The normalized spacial score (nSPS) is 11.9. The Bertz CT molecular complexity index is 695. The first-order chi connectivity index (χ1) is 12.9. The SMILES string of the molecule is CC(C)C.CC=Nc1c(C)nc(NC(C)CC)nc1NCc1ccccn1. The Hall–Kier alpha value is -2.50. The number of nitrogens with one attached hydrogen (secondary N) is 2. The third-order valence-electron chi connectivity index (χ3n) is 3.47. The summed E-state index contributed by atoms with van der Waals surface area (Å²) in [7, 11) is 0. The zero-order valence-corrected chi connectivity index (χ0v) is 17.7. The molecule has 0 saturated carbocycles. The molecule has 0 radical (unpaired) electrons. The molecule has 2 heterocycles. The molecule has 0 saturated heterocycles. The fraction of sp³-hybridized carbons (Fsp3) is 0.524. The van der Waals surface area contributed by atoms with Gasteiger partial charge in [0, 0.05) is 18.5 Å². The predicted octanol–water partition coefficient (Wildman–Crippen LogP) is 5.39. The molecule has 1 unspecified atom stereocenters. The molecule has 27 heavy (non-hydrogen) atoms. The van der Waals surface area contributed by atoms with E-state index >= 15 is 0 Å². The Balaban J connectivity index is 0.000000828. The summed E-state index contributed by atoms with van der Waals surface area (Å²) in [6.45, 7) is 15.1. The van der Waals surface area contributed by atoms with Gasteiger partial charge in [0.05, 0.1) is 17.9 Å². The van der Waals surface area contributed by atoms with Crippen LogP contribution in [0.15, 0.2) is 29.4 Å². The molecule has 6 nitrogen and oxygen atoms in total. The molecule has 0 aliphatic carbocycles. The van der Waals surface area contributed by atoms with Gasteiger partial charge in [-0.2, -0.15) is 4.98 Å². The first-order valence-corrected chi connectivity index (χ1v) is 9.64. The third-order valence-corrected chi connectivity index (χ3v) is 3.47. The van der Waals surface area contributed by atoms with Crippen molar-refractivity contribution < 1.29 is 0 Å². The first kappa shape index (κ1) is 22.5. The van der Waals surface area contributed by atoms with Crippen LogP contribution >= 0.6 is 0 Å². The van der Waals surface area contributed by atoms with E-state index in [1.54, 1.807) is 12.4 Å². The highest BCUT2D eigenvalue weighted by molar-refractivity contribution is 5.71. The monoisotopic (exact) mass is 370 g/mol. The van der Waals surface area contributed by atoms with Gasteiger partial charge in [-0.1, -0.05) is 33.8 Å². The Morgan fingerprint density at radius 3 is 2.41 bits per heavy atom. The number of hydrogen-bond acceptors (Lipinski definition) is 6. The van der Waals surface area contributed by atoms with Crippen molar-refractivity contribution in [2.24, 2.45) is 10.9 Å². The van der Waals surface area contributed by atoms with Crippen LogP contribution in [-0.4, -0.2) is 27.2 Å². The Labute approximate surface area is 164 Å². The van der Waals surface area contributed by atoms with Crippen LogP contribution in [0.3, 0.4) is 0 Å². The number of rotatable bonds is 7. The van der Waals surface area contributed by atoms with Crippen molar-refractivity contribution in [2.45, 2.75) is 67.5 Å². The molecule has 2 aromatic heterocycles. The van der Waals surface area contributed by atoms with Gasteiger partial charge < -0.3 is 10.6 Å². The second kappa shape index (κ2) is 12.0. The number of aromatic nitrogens is 3. The van der Waals surface area contributed by atoms with Crippen LogP contribution in [0, 0.1) is 12.8 Å². The third kappa shape index (κ3) is 8.62. The molecule has 0 spiro atoms. The highest BCUT2D eigenvalue weighted by Gasteiger charge is 2.12. The maximum absolute atomic E-state index is 4.58. The van der Waals surface area contributed by atoms with Crippen LogP contribution < -0.4 is 10.6 Å². The lowest BCUT2D eigenvalue weighted by Gasteiger charge is -2.15. The van der Waals surface area contributed by atoms with Gasteiger partial charge >= 0.3 is 0 Å². The summed E-state index contributed by atoms with van der Waals surface area (Å²) in [6.07, 6.45) is 4.54. The van der Waals surface area contributed by atoms with E-state index in [1.165, 1.54) is 0 Å². The summed E-state index contributed by atoms with van der Waals surface area (Å²) in [4.78, 5) is 17.8. The predicted molar refractivity (Wildman–Crippen MR) is 116 cm³/mol. The molecule has 0 aliphatic rings. The topological polar surface area (TPSA) is 75.1 Å². The summed E-state index contributed by atoms with van der Waals surface area (Å²) in [6, 6.07) is 6.16. The molecule has 2 N–H and O–H groups in total. The van der Waals surface area contributed by atoms with E-state index in [1.807, 2.05) is 32.0 Å². The molecule has 0 bridgehead atoms. The molecule has 1 atom stereocenters. The molecule has 6 heteroatoms. The van der Waals surface area contributed by atoms with Gasteiger partial charge in [-0.25, -0.2) is 4.98 Å². The van der Waals surface area contributed by atoms with Crippen molar-refractivity contribution in [1.29, 1.82) is 0 Å². The van der Waals surface area contributed by atoms with E-state index in [-0.39, 0.29) is 0 Å². The van der Waals surface area contributed by atoms with E-state index in [4.69, 9.17) is 0 Å². The lowest BCUT2D eigenvalue weighted by atomic mass is 10.3. The lowest BCUT2D eigenvalue weighted by molar-refractivity contribution is 0.737. The molecule has 2 rings (SSSR count). The Kier molecular flexibility index (Phi) is 10.0. The molecule has 2 aromatic rings. The van der Waals surface area contributed by atoms with Crippen LogP contribution in [-0.2, 0) is 6.54 Å². The van der Waals surface area contributed by atoms with Crippen molar-refractivity contribution >= 4 is 23.7 Å². The summed E-state index contributed by atoms with van der Waals surface area (Å²) in [5.74, 6) is 2.17. The summed E-state index contributed by atoms with van der Waals surface area (Å²) in [5, 5.41) is 6.63. The van der Waals surface area contributed by atoms with Crippen molar-refractivity contribution in [1.82, 2.24) is 15.0 Å². The minimum atomic E-state index is 0.318. The lowest BCUT2D eigenvalue weighted by Crippen LogP contribution is -2.17. The van der Waals surface area contributed by atoms with E-state index in [2.05, 4.69) is 65.2 Å². The highest BCUT2D eigenvalue weighted by Crippen LogP contribution is 2.27. The summed E-state index contributed by atoms with van der Waals surface area (Å²) >= 11 is 0. The number of hydrogen-bond donors (Lipinski definition) is 2. The van der Waals surface area contributed by atoms with Crippen LogP contribution in [0.2, 0.25) is 0 Å². The van der Waals surface area contributed by atoms with Gasteiger partial charge in [0.15, 0.2) is 5.82 Å². The van der Waals surface area contributed by atoms with E-state index in [0.29, 0.717) is 24.4 Å². The van der Waals surface area contributed by atoms with Crippen LogP contribution in [0.5, 0.6) is 0 Å². The molecular formula is C21H34N6. The number of aryl methyl sites for hydroxylation is 1. The van der Waals surface area contributed by atoms with Gasteiger partial charge in [-0.05, 0) is 45.2 Å². The quantitative estimate of drug-likeness (QED) is 0.639. The standard InChI is InChI=1S/C17H24N6.C4H10/c1-5-12(3)21-17-22-13(4)15(18-6-2)16(23-17)20-11-14-9-7-8-10-19-14;1-4(2)3/h6-10,12H,5,11H2,1-4H3,(H2,20,21,22,23);4H,1-3H3. The number of nitrogens with zero attached hydrogens (tertiary/aromatic N) is 4. The maximum Gasteiger partial charge on any atom is 0.225 e. The number of anilines is 2. The van der Waals surface area contributed by atoms with Crippen LogP contribution in [0.4, 0.5) is 17.5 Å². The summed E-state index contributed by atoms with van der Waals surface area (Å²) in [5.41, 5.74) is 2.55. The molecular weight excluding hydrogens is 336 g/mol. The van der Waals surface area contributed by atoms with Crippen LogP contribution in [0.1, 0.15) is 59.4 Å². The van der Waals surface area contributed by atoms with Gasteiger partial charge in [-0.15, -0.1) is 0 Å². The van der Waals surface area contributed by atoms with Crippen LogP contribution in [0.25, 0.3) is 0 Å². The minimum absolute atomic E-state index is 0.318. The molecule has 0 amide bonds. The largest absolute Gasteiger partial charge is 0.362 e. The maximum atomic E-state index is 4.58. The van der Waals surface area contributed by atoms with Crippen molar-refractivity contribution in [2.75, 3.05) is 10.6 Å². The Morgan fingerprint density at radius 2 is 1.85 bits per heavy atom. The smallest absolute Gasteiger partial charge is 0.225 e. The van der Waals surface area contributed by atoms with Crippen molar-refractivity contribution in [3.8, 4) is 0 Å². The van der Waals surface area contributed by atoms with E-state index < -0.39 is 0 Å². The van der Waals surface area contributed by atoms with Gasteiger partial charge in [0.2, 0.25) is 5.95 Å². The second-order valence-electron chi connectivity index (χ2n) is 7.08. The molecule has 0 fully saturated rings. The van der Waals surface area contributed by atoms with E-state index in [0.717, 1.165) is 29.4 Å². The summed E-state index contributed by atoms with van der Waals surface area (Å²) < 4.78 is 0. The average molecular weight is 371 g/mol. The fourth-order valence-electron chi connectivity index (χ4n) is 2.04. The number of aliphatic imine (C=N–C) groups is 1. The fourth-order valence-corrected chi connectivity index (χ4v) is 2.04. The number of pyridine rings is 1. The van der Waals surface area contributed by atoms with Gasteiger partial charge in [0.1, 0.15) is 5.69 Å². The molecule has 0 aromatic carbocycles. The second-order valence-corrected chi connectivity index (χ2v) is 7.08. The zero-order chi connectivity index (χ0) is 20.2. The van der Waals surface area contributed by atoms with E-state index in [9.17, 15) is 0 Å². The highest BCUT2D eigenvalue weighted by atomic mass is 15.2. The van der Waals surface area contributed by atoms with Crippen molar-refractivity contribution in [3.05, 3.63) is 35.8 Å². The average Bonchev–Trinajstić information content (AvgIpc) is 2.62. The first-order valence-electron chi connectivity index (χ1n) is 9.64. The van der Waals surface area contributed by atoms with Crippen molar-refractivity contribution in [3.63, 3.8) is 0 Å². The van der Waals surface area contributed by atoms with Gasteiger partial charge in [-0.3, -0.25) is 9.98 Å². The molecule has 148 valence electrons. The Morgan fingerprint density at radius 1 is 1.15 bits per heavy atom. The zero-order valence-electron chi connectivity index (χ0n) is 17.7. The van der Waals surface area contributed by atoms with Gasteiger partial charge in [0.25, 0.3) is 0 Å².